The van der Waals surface area contributed by atoms with Crippen molar-refractivity contribution in [1.82, 2.24) is 0 Å². The highest BCUT2D eigenvalue weighted by Gasteiger charge is 2.10. The van der Waals surface area contributed by atoms with Gasteiger partial charge < -0.3 is 9.84 Å². The second-order valence-electron chi connectivity index (χ2n) is 6.08. The van der Waals surface area contributed by atoms with Gasteiger partial charge in [0.1, 0.15) is 12.4 Å². The Bertz CT molecular complexity index is 927. The summed E-state index contributed by atoms with van der Waals surface area (Å²) >= 11 is 0. The van der Waals surface area contributed by atoms with E-state index in [-0.39, 0.29) is 5.57 Å². The molecule has 130 valence electrons. The van der Waals surface area contributed by atoms with E-state index in [0.717, 1.165) is 11.1 Å². The van der Waals surface area contributed by atoms with Gasteiger partial charge in [0.25, 0.3) is 0 Å². The van der Waals surface area contributed by atoms with Gasteiger partial charge in [-0.05, 0) is 41.8 Å². The summed E-state index contributed by atoms with van der Waals surface area (Å²) in [5, 5.41) is 9.54. The van der Waals surface area contributed by atoms with E-state index in [1.807, 2.05) is 67.6 Å². The molecule has 0 atom stereocenters. The Labute approximate surface area is 153 Å². The van der Waals surface area contributed by atoms with Crippen molar-refractivity contribution in [2.45, 2.75) is 13.5 Å². The van der Waals surface area contributed by atoms with Crippen molar-refractivity contribution in [3.63, 3.8) is 0 Å². The van der Waals surface area contributed by atoms with Gasteiger partial charge in [-0.1, -0.05) is 72.3 Å². The first-order chi connectivity index (χ1) is 12.6. The monoisotopic (exact) mass is 344 g/mol. The summed E-state index contributed by atoms with van der Waals surface area (Å²) in [4.78, 5) is 11.6. The highest BCUT2D eigenvalue weighted by atomic mass is 16.5. The Balaban J connectivity index is 1.80. The number of ether oxygens (including phenoxy) is 1. The Kier molecular flexibility index (Phi) is 5.49. The molecule has 0 heterocycles. The van der Waals surface area contributed by atoms with Gasteiger partial charge >= 0.3 is 5.97 Å². The summed E-state index contributed by atoms with van der Waals surface area (Å²) in [6.07, 6.45) is 1.66. The van der Waals surface area contributed by atoms with Gasteiger partial charge in [-0.2, -0.15) is 0 Å². The number of hydrogen-bond donors (Lipinski definition) is 1. The molecule has 0 saturated heterocycles. The van der Waals surface area contributed by atoms with Crippen LogP contribution in [0.15, 0.2) is 78.9 Å². The lowest BCUT2D eigenvalue weighted by Gasteiger charge is -2.08. The van der Waals surface area contributed by atoms with E-state index < -0.39 is 5.97 Å². The van der Waals surface area contributed by atoms with Crippen molar-refractivity contribution in [3.8, 4) is 5.75 Å². The molecule has 26 heavy (non-hydrogen) atoms. The standard InChI is InChI=1S/C23H20O3/c1-17-7-5-9-19(13-17)16-26-21-12-6-8-18(14-21)15-22(23(24)25)20-10-3-2-4-11-20/h2-15H,16H2,1H3,(H,24,25)/b22-15-. The largest absolute Gasteiger partial charge is 0.489 e. The Morgan fingerprint density at radius 1 is 0.962 bits per heavy atom. The smallest absolute Gasteiger partial charge is 0.336 e. The molecule has 0 unspecified atom stereocenters. The lowest BCUT2D eigenvalue weighted by Crippen LogP contribution is -1.99. The van der Waals surface area contributed by atoms with Crippen molar-refractivity contribution < 1.29 is 14.6 Å². The zero-order valence-corrected chi connectivity index (χ0v) is 14.6. The van der Waals surface area contributed by atoms with Crippen LogP contribution in [-0.4, -0.2) is 11.1 Å². The van der Waals surface area contributed by atoms with E-state index in [2.05, 4.69) is 6.07 Å². The van der Waals surface area contributed by atoms with E-state index in [0.29, 0.717) is 17.9 Å². The fourth-order valence-electron chi connectivity index (χ4n) is 2.72. The number of aryl methyl sites for hydroxylation is 1. The van der Waals surface area contributed by atoms with Crippen LogP contribution in [0.1, 0.15) is 22.3 Å². The zero-order valence-electron chi connectivity index (χ0n) is 14.6. The maximum absolute atomic E-state index is 11.6. The third kappa shape index (κ3) is 4.61. The maximum Gasteiger partial charge on any atom is 0.336 e. The van der Waals surface area contributed by atoms with Crippen LogP contribution >= 0.6 is 0 Å². The van der Waals surface area contributed by atoms with E-state index in [4.69, 9.17) is 4.74 Å². The van der Waals surface area contributed by atoms with Gasteiger partial charge in [-0.15, -0.1) is 0 Å². The second kappa shape index (κ2) is 8.17. The molecule has 3 rings (SSSR count). The van der Waals surface area contributed by atoms with Gasteiger partial charge in [0, 0.05) is 0 Å². The molecule has 0 aliphatic carbocycles. The molecule has 0 aromatic heterocycles. The molecule has 0 saturated carbocycles. The third-order valence-electron chi connectivity index (χ3n) is 3.97. The van der Waals surface area contributed by atoms with Gasteiger partial charge in [0.15, 0.2) is 0 Å². The second-order valence-corrected chi connectivity index (χ2v) is 6.08. The number of benzene rings is 3. The first kappa shape index (κ1) is 17.5. The van der Waals surface area contributed by atoms with Crippen molar-refractivity contribution in [2.75, 3.05) is 0 Å². The van der Waals surface area contributed by atoms with Crippen LogP contribution in [0.3, 0.4) is 0 Å². The maximum atomic E-state index is 11.6. The van der Waals surface area contributed by atoms with Crippen molar-refractivity contribution in [1.29, 1.82) is 0 Å². The summed E-state index contributed by atoms with van der Waals surface area (Å²) in [7, 11) is 0. The number of carbonyl (C=O) groups is 1. The van der Waals surface area contributed by atoms with Gasteiger partial charge in [-0.3, -0.25) is 0 Å². The summed E-state index contributed by atoms with van der Waals surface area (Å²) in [6, 6.07) is 24.7. The average molecular weight is 344 g/mol. The molecule has 0 radical (unpaired) electrons. The lowest BCUT2D eigenvalue weighted by atomic mass is 10.0. The molecule has 0 fully saturated rings. The predicted octanol–water partition coefficient (Wildman–Crippen LogP) is 5.20. The van der Waals surface area contributed by atoms with Crippen LogP contribution in [0.4, 0.5) is 0 Å². The topological polar surface area (TPSA) is 46.5 Å². The number of rotatable bonds is 6. The summed E-state index contributed by atoms with van der Waals surface area (Å²) in [5.41, 5.74) is 4.00. The fraction of sp³-hybridized carbons (Fsp3) is 0.0870. The van der Waals surface area contributed by atoms with Crippen molar-refractivity contribution >= 4 is 17.6 Å². The molecule has 0 bridgehead atoms. The van der Waals surface area contributed by atoms with Gasteiger partial charge in [0.2, 0.25) is 0 Å². The SMILES string of the molecule is Cc1cccc(COc2cccc(/C=C(\C(=O)O)c3ccccc3)c2)c1. The van der Waals surface area contributed by atoms with E-state index >= 15 is 0 Å². The minimum absolute atomic E-state index is 0.251. The van der Waals surface area contributed by atoms with Crippen LogP contribution in [-0.2, 0) is 11.4 Å². The molecular formula is C23H20O3. The number of carboxylic acids is 1. The highest BCUT2D eigenvalue weighted by molar-refractivity contribution is 6.20. The van der Waals surface area contributed by atoms with Crippen LogP contribution in [0.25, 0.3) is 11.6 Å². The zero-order chi connectivity index (χ0) is 18.4. The fourth-order valence-corrected chi connectivity index (χ4v) is 2.72. The average Bonchev–Trinajstić information content (AvgIpc) is 2.65. The normalized spacial score (nSPS) is 11.2. The lowest BCUT2D eigenvalue weighted by molar-refractivity contribution is -0.130. The summed E-state index contributed by atoms with van der Waals surface area (Å²) < 4.78 is 5.86. The first-order valence-corrected chi connectivity index (χ1v) is 8.40. The third-order valence-corrected chi connectivity index (χ3v) is 3.97. The van der Waals surface area contributed by atoms with Crippen LogP contribution < -0.4 is 4.74 Å². The van der Waals surface area contributed by atoms with Crippen LogP contribution in [0, 0.1) is 6.92 Å². The number of aliphatic carboxylic acids is 1. The Hall–Kier alpha value is -3.33. The molecule has 0 amide bonds. The van der Waals surface area contributed by atoms with Gasteiger partial charge in [-0.25, -0.2) is 4.79 Å². The number of hydrogen-bond acceptors (Lipinski definition) is 2. The molecule has 3 aromatic carbocycles. The number of carboxylic acid groups (broad SMARTS) is 1. The Morgan fingerprint density at radius 2 is 1.73 bits per heavy atom. The molecular weight excluding hydrogens is 324 g/mol. The minimum atomic E-state index is -0.956. The molecule has 3 nitrogen and oxygen atoms in total. The van der Waals surface area contributed by atoms with Crippen molar-refractivity contribution in [3.05, 3.63) is 101 Å². The summed E-state index contributed by atoms with van der Waals surface area (Å²) in [6.45, 7) is 2.52. The molecule has 0 spiro atoms. The molecule has 0 aliphatic rings. The molecule has 1 N–H and O–H groups in total. The first-order valence-electron chi connectivity index (χ1n) is 8.40. The molecule has 3 aromatic rings. The van der Waals surface area contributed by atoms with Crippen LogP contribution in [0.2, 0.25) is 0 Å². The summed E-state index contributed by atoms with van der Waals surface area (Å²) in [5.74, 6) is -0.250. The molecule has 0 aliphatic heterocycles. The highest BCUT2D eigenvalue weighted by Crippen LogP contribution is 2.22. The van der Waals surface area contributed by atoms with Gasteiger partial charge in [0.05, 0.1) is 5.57 Å². The quantitative estimate of drug-likeness (QED) is 0.494. The van der Waals surface area contributed by atoms with Crippen molar-refractivity contribution in [2.24, 2.45) is 0 Å². The Morgan fingerprint density at radius 3 is 2.46 bits per heavy atom. The molecule has 3 heteroatoms. The minimum Gasteiger partial charge on any atom is -0.489 e. The van der Waals surface area contributed by atoms with Crippen LogP contribution in [0.5, 0.6) is 5.75 Å². The van der Waals surface area contributed by atoms with E-state index in [9.17, 15) is 9.90 Å². The van der Waals surface area contributed by atoms with E-state index in [1.165, 1.54) is 5.56 Å². The van der Waals surface area contributed by atoms with E-state index in [1.54, 1.807) is 18.2 Å². The predicted molar refractivity (Wildman–Crippen MR) is 104 cm³/mol.